The second-order valence-corrected chi connectivity index (χ2v) is 7.34. The van der Waals surface area contributed by atoms with Crippen molar-refractivity contribution in [2.75, 3.05) is 0 Å². The van der Waals surface area contributed by atoms with E-state index in [2.05, 4.69) is 0 Å². The zero-order valence-corrected chi connectivity index (χ0v) is 15.7. The Labute approximate surface area is 171 Å². The molecule has 0 heterocycles. The topological polar surface area (TPSA) is 37.3 Å². The molecule has 0 aromatic carbocycles. The lowest BCUT2D eigenvalue weighted by Gasteiger charge is -2.43. The Bertz CT molecular complexity index is 734. The summed E-state index contributed by atoms with van der Waals surface area (Å²) in [6, 6.07) is 0. The molecule has 0 rings (SSSR count). The first-order valence-corrected chi connectivity index (χ1v) is 7.85. The first-order valence-electron chi connectivity index (χ1n) is 7.85. The van der Waals surface area contributed by atoms with Crippen molar-refractivity contribution in [1.29, 1.82) is 0 Å². The number of hydrogen-bond donors (Lipinski definition) is 1. The van der Waals surface area contributed by atoms with Crippen LogP contribution in [0.4, 0.5) is 74.6 Å². The maximum Gasteiger partial charge on any atom is 0.460 e. The molecule has 198 valence electrons. The van der Waals surface area contributed by atoms with Gasteiger partial charge in [-0.25, -0.2) is 0 Å². The number of aliphatic carboxylic acids is 1. The van der Waals surface area contributed by atoms with Crippen LogP contribution in [0.1, 0.15) is 26.7 Å². The van der Waals surface area contributed by atoms with Crippen molar-refractivity contribution in [1.82, 2.24) is 0 Å². The van der Waals surface area contributed by atoms with Gasteiger partial charge >= 0.3 is 53.6 Å². The molecule has 0 aliphatic carbocycles. The fourth-order valence-corrected chi connectivity index (χ4v) is 1.93. The summed E-state index contributed by atoms with van der Waals surface area (Å²) in [7, 11) is 0. The normalized spacial score (nSPS) is 16.2. The molecule has 2 nitrogen and oxygen atoms in total. The molecule has 0 aromatic heterocycles. The van der Waals surface area contributed by atoms with E-state index in [1.165, 1.54) is 0 Å². The van der Waals surface area contributed by atoms with Gasteiger partial charge in [0, 0.05) is 6.42 Å². The van der Waals surface area contributed by atoms with E-state index in [9.17, 15) is 79.4 Å². The fourth-order valence-electron chi connectivity index (χ4n) is 1.93. The minimum atomic E-state index is -8.68. The summed E-state index contributed by atoms with van der Waals surface area (Å²) in [5, 5.41) is 8.62. The van der Waals surface area contributed by atoms with Crippen LogP contribution in [-0.2, 0) is 4.79 Å². The van der Waals surface area contributed by atoms with Crippen LogP contribution < -0.4 is 0 Å². The van der Waals surface area contributed by atoms with E-state index >= 15 is 0 Å². The van der Waals surface area contributed by atoms with Crippen molar-refractivity contribution >= 4 is 5.97 Å². The summed E-state index contributed by atoms with van der Waals surface area (Å²) >= 11 is 0. The third-order valence-corrected chi connectivity index (χ3v) is 4.43. The Morgan fingerprint density at radius 3 is 1.06 bits per heavy atom. The molecule has 0 aliphatic rings. The maximum absolute atomic E-state index is 13.6. The highest BCUT2D eigenvalue weighted by Gasteiger charge is 2.95. The Balaban J connectivity index is 6.56. The Morgan fingerprint density at radius 1 is 0.515 bits per heavy atom. The van der Waals surface area contributed by atoms with E-state index < -0.39 is 71.9 Å². The Hall–Kier alpha value is -1.72. The molecule has 0 radical (unpaired) electrons. The molecular weight excluding hydrogens is 523 g/mol. The van der Waals surface area contributed by atoms with Gasteiger partial charge in [-0.05, 0) is 20.3 Å². The number of carboxylic acids is 1. The van der Waals surface area contributed by atoms with Crippen LogP contribution in [0.25, 0.3) is 0 Å². The van der Waals surface area contributed by atoms with E-state index in [0.717, 1.165) is 0 Å². The molecule has 0 bridgehead atoms. The van der Waals surface area contributed by atoms with Crippen LogP contribution in [0.5, 0.6) is 0 Å². The zero-order valence-electron chi connectivity index (χ0n) is 15.7. The number of carbonyl (C=O) groups is 1. The predicted octanol–water partition coefficient (Wildman–Crippen LogP) is 6.89. The number of alkyl halides is 17. The summed E-state index contributed by atoms with van der Waals surface area (Å²) in [4.78, 5) is 10.7. The molecule has 0 atom stereocenters. The van der Waals surface area contributed by atoms with Crippen LogP contribution >= 0.6 is 0 Å². The first-order chi connectivity index (χ1) is 13.9. The lowest BCUT2D eigenvalue weighted by atomic mass is 9.83. The monoisotopic (exact) mass is 534 g/mol. The standard InChI is InChI=1S/C14H11F17O2/c1-6(2,5(32)33)3-4-7(15,16)8(17,18)9(19,20)10(21,22)11(23,24)12(25,26)13(27,28)14(29,30)31/h3-4H2,1-2H3,(H,32,33). The second kappa shape index (κ2) is 7.91. The molecule has 0 saturated carbocycles. The number of halogens is 17. The highest BCUT2D eigenvalue weighted by atomic mass is 19.4. The van der Waals surface area contributed by atoms with Crippen molar-refractivity contribution in [3.05, 3.63) is 0 Å². The van der Waals surface area contributed by atoms with Crippen LogP contribution in [0.15, 0.2) is 0 Å². The van der Waals surface area contributed by atoms with Gasteiger partial charge in [-0.3, -0.25) is 4.79 Å². The number of hydrogen-bond acceptors (Lipinski definition) is 1. The van der Waals surface area contributed by atoms with Gasteiger partial charge in [0.2, 0.25) is 0 Å². The summed E-state index contributed by atoms with van der Waals surface area (Å²) in [6.07, 6.45) is -12.3. The van der Waals surface area contributed by atoms with Crippen molar-refractivity contribution in [3.8, 4) is 0 Å². The Morgan fingerprint density at radius 2 is 0.788 bits per heavy atom. The van der Waals surface area contributed by atoms with E-state index in [4.69, 9.17) is 5.11 Å². The van der Waals surface area contributed by atoms with Crippen LogP contribution in [0.2, 0.25) is 0 Å². The summed E-state index contributed by atoms with van der Waals surface area (Å²) in [5.41, 5.74) is -2.44. The van der Waals surface area contributed by atoms with Gasteiger partial charge in [0.05, 0.1) is 5.41 Å². The van der Waals surface area contributed by atoms with Crippen LogP contribution in [0.3, 0.4) is 0 Å². The lowest BCUT2D eigenvalue weighted by molar-refractivity contribution is -0.461. The zero-order chi connectivity index (χ0) is 27.5. The van der Waals surface area contributed by atoms with Gasteiger partial charge in [-0.2, -0.15) is 74.6 Å². The van der Waals surface area contributed by atoms with Crippen LogP contribution in [-0.4, -0.2) is 58.7 Å². The predicted molar refractivity (Wildman–Crippen MR) is 71.3 cm³/mol. The summed E-state index contributed by atoms with van der Waals surface area (Å²) < 4.78 is 222. The number of carboxylic acid groups (broad SMARTS) is 1. The Kier molecular flexibility index (Phi) is 7.50. The highest BCUT2D eigenvalue weighted by molar-refractivity contribution is 5.73. The smallest absolute Gasteiger partial charge is 0.460 e. The second-order valence-electron chi connectivity index (χ2n) is 7.34. The maximum atomic E-state index is 13.6. The molecule has 0 spiro atoms. The van der Waals surface area contributed by atoms with E-state index in [1.54, 1.807) is 0 Å². The third kappa shape index (κ3) is 4.39. The van der Waals surface area contributed by atoms with Gasteiger partial charge in [-0.15, -0.1) is 0 Å². The molecule has 19 heteroatoms. The third-order valence-electron chi connectivity index (χ3n) is 4.43. The fraction of sp³-hybridized carbons (Fsp3) is 0.929. The van der Waals surface area contributed by atoms with E-state index in [1.807, 2.05) is 0 Å². The SMILES string of the molecule is CC(C)(CCC(F)(F)C(F)(F)C(F)(F)C(F)(F)C(F)(F)C(F)(F)C(F)(F)C(F)(F)F)C(=O)O. The lowest BCUT2D eigenvalue weighted by Crippen LogP contribution is -2.74. The molecule has 0 amide bonds. The molecule has 0 unspecified atom stereocenters. The molecule has 33 heavy (non-hydrogen) atoms. The van der Waals surface area contributed by atoms with Gasteiger partial charge < -0.3 is 5.11 Å². The largest absolute Gasteiger partial charge is 0.481 e. The average Bonchev–Trinajstić information content (AvgIpc) is 2.57. The van der Waals surface area contributed by atoms with Crippen molar-refractivity contribution < 1.29 is 84.5 Å². The quantitative estimate of drug-likeness (QED) is 0.310. The molecular formula is C14H11F17O2. The minimum Gasteiger partial charge on any atom is -0.481 e. The van der Waals surface area contributed by atoms with Gasteiger partial charge in [0.25, 0.3) is 0 Å². The molecule has 1 N–H and O–H groups in total. The van der Waals surface area contributed by atoms with Crippen molar-refractivity contribution in [2.24, 2.45) is 5.41 Å². The molecule has 0 aromatic rings. The van der Waals surface area contributed by atoms with E-state index in [-0.39, 0.29) is 0 Å². The average molecular weight is 534 g/mol. The van der Waals surface area contributed by atoms with Crippen LogP contribution in [0, 0.1) is 5.41 Å². The molecule has 0 fully saturated rings. The highest BCUT2D eigenvalue weighted by Crippen LogP contribution is 2.64. The van der Waals surface area contributed by atoms with Crippen molar-refractivity contribution in [3.63, 3.8) is 0 Å². The summed E-state index contributed by atoms with van der Waals surface area (Å²) in [5.74, 6) is -58.8. The minimum absolute atomic E-state index is 0.532. The molecule has 0 saturated heterocycles. The van der Waals surface area contributed by atoms with Crippen molar-refractivity contribution in [2.45, 2.75) is 74.3 Å². The van der Waals surface area contributed by atoms with Gasteiger partial charge in [0.1, 0.15) is 0 Å². The first kappa shape index (κ1) is 31.3. The van der Waals surface area contributed by atoms with Gasteiger partial charge in [0.15, 0.2) is 0 Å². The molecule has 0 aliphatic heterocycles. The van der Waals surface area contributed by atoms with Gasteiger partial charge in [-0.1, -0.05) is 0 Å². The summed E-state index contributed by atoms with van der Waals surface area (Å²) in [6.45, 7) is 1.06. The number of rotatable bonds is 10. The van der Waals surface area contributed by atoms with E-state index in [0.29, 0.717) is 13.8 Å².